The third kappa shape index (κ3) is 3.84. The van der Waals surface area contributed by atoms with Crippen LogP contribution < -0.4 is 15.4 Å². The van der Waals surface area contributed by atoms with E-state index in [0.29, 0.717) is 24.6 Å². The molecule has 0 saturated carbocycles. The summed E-state index contributed by atoms with van der Waals surface area (Å²) in [7, 11) is 0. The lowest BCUT2D eigenvalue weighted by molar-refractivity contribution is -0.138. The van der Waals surface area contributed by atoms with Crippen LogP contribution in [0.1, 0.15) is 18.4 Å². The largest absolute Gasteiger partial charge is 0.481 e. The van der Waals surface area contributed by atoms with Crippen LogP contribution >= 0.6 is 0 Å². The molecule has 1 aromatic carbocycles. The van der Waals surface area contributed by atoms with Gasteiger partial charge in [-0.1, -0.05) is 12.1 Å². The third-order valence-electron chi connectivity index (χ3n) is 3.87. The van der Waals surface area contributed by atoms with Gasteiger partial charge < -0.3 is 14.8 Å². The molecule has 2 fully saturated rings. The molecule has 1 unspecified atom stereocenters. The van der Waals surface area contributed by atoms with Crippen LogP contribution in [0.15, 0.2) is 24.3 Å². The number of ether oxygens (including phenoxy) is 2. The fraction of sp³-hybridized carbons (Fsp3) is 0.500. The molecular weight excluding hydrogens is 284 g/mol. The maximum absolute atomic E-state index is 11.7. The second kappa shape index (κ2) is 6.89. The summed E-state index contributed by atoms with van der Waals surface area (Å²) in [4.78, 5) is 22.8. The monoisotopic (exact) mass is 304 g/mol. The zero-order valence-corrected chi connectivity index (χ0v) is 12.3. The van der Waals surface area contributed by atoms with Crippen molar-refractivity contribution >= 4 is 11.8 Å². The van der Waals surface area contributed by atoms with Gasteiger partial charge in [0.1, 0.15) is 5.75 Å². The van der Waals surface area contributed by atoms with Gasteiger partial charge in [-0.05, 0) is 24.1 Å². The van der Waals surface area contributed by atoms with Crippen LogP contribution in [0, 0.1) is 0 Å². The number of benzene rings is 1. The number of imide groups is 1. The Morgan fingerprint density at radius 3 is 2.73 bits per heavy atom. The summed E-state index contributed by atoms with van der Waals surface area (Å²) in [6.45, 7) is 2.39. The van der Waals surface area contributed by atoms with E-state index < -0.39 is 6.10 Å². The van der Waals surface area contributed by atoms with Crippen LogP contribution in [0.25, 0.3) is 0 Å². The molecule has 2 saturated heterocycles. The molecule has 0 spiro atoms. The average molecular weight is 304 g/mol. The first-order chi connectivity index (χ1) is 10.7. The van der Waals surface area contributed by atoms with Gasteiger partial charge in [-0.25, -0.2) is 0 Å². The first-order valence-corrected chi connectivity index (χ1v) is 7.61. The first-order valence-electron chi connectivity index (χ1n) is 7.61. The van der Waals surface area contributed by atoms with E-state index >= 15 is 0 Å². The molecule has 0 aromatic heterocycles. The van der Waals surface area contributed by atoms with E-state index in [0.717, 1.165) is 26.2 Å². The topological polar surface area (TPSA) is 76.7 Å². The first kappa shape index (κ1) is 15.0. The van der Waals surface area contributed by atoms with Gasteiger partial charge in [0.05, 0.1) is 13.2 Å². The van der Waals surface area contributed by atoms with Gasteiger partial charge in [-0.3, -0.25) is 14.9 Å². The fourth-order valence-corrected chi connectivity index (χ4v) is 2.69. The zero-order chi connectivity index (χ0) is 15.4. The third-order valence-corrected chi connectivity index (χ3v) is 3.87. The van der Waals surface area contributed by atoms with Crippen molar-refractivity contribution < 1.29 is 19.1 Å². The lowest BCUT2D eigenvalue weighted by Gasteiger charge is -2.24. The second-order valence-corrected chi connectivity index (χ2v) is 5.63. The Kier molecular flexibility index (Phi) is 4.70. The van der Waals surface area contributed by atoms with Gasteiger partial charge in [0.15, 0.2) is 6.10 Å². The van der Waals surface area contributed by atoms with E-state index in [2.05, 4.69) is 10.6 Å². The standard InChI is InChI=1S/C16H20N2O4/c19-15-6-5-14(16(20)18-15)22-13-3-1-11(2-4-13)9-12-10-21-8-7-17-12/h1-4,12,14,17H,5-10H2,(H,18,19,20)/t12-,14?/m1/s1. The molecule has 2 amide bonds. The van der Waals surface area contributed by atoms with Crippen LogP contribution in [-0.2, 0) is 20.7 Å². The Morgan fingerprint density at radius 1 is 1.23 bits per heavy atom. The number of carbonyl (C=O) groups is 2. The predicted octanol–water partition coefficient (Wildman–Crippen LogP) is 0.401. The van der Waals surface area contributed by atoms with E-state index in [1.165, 1.54) is 5.56 Å². The molecular formula is C16H20N2O4. The number of nitrogens with one attached hydrogen (secondary N) is 2. The lowest BCUT2D eigenvalue weighted by Crippen LogP contribution is -2.46. The van der Waals surface area contributed by atoms with Gasteiger partial charge in [0, 0.05) is 25.4 Å². The van der Waals surface area contributed by atoms with Crippen LogP contribution in [0.3, 0.4) is 0 Å². The van der Waals surface area contributed by atoms with Gasteiger partial charge in [0.2, 0.25) is 5.91 Å². The summed E-state index contributed by atoms with van der Waals surface area (Å²) in [6.07, 6.45) is 1.06. The van der Waals surface area contributed by atoms with Gasteiger partial charge in [-0.2, -0.15) is 0 Å². The van der Waals surface area contributed by atoms with Crippen molar-refractivity contribution in [3.8, 4) is 5.75 Å². The van der Waals surface area contributed by atoms with Crippen molar-refractivity contribution in [1.29, 1.82) is 0 Å². The van der Waals surface area contributed by atoms with Crippen LogP contribution in [0.5, 0.6) is 5.75 Å². The van der Waals surface area contributed by atoms with Crippen LogP contribution in [-0.4, -0.2) is 43.7 Å². The number of morpholine rings is 1. The van der Waals surface area contributed by atoms with Crippen molar-refractivity contribution in [2.45, 2.75) is 31.4 Å². The second-order valence-electron chi connectivity index (χ2n) is 5.63. The lowest BCUT2D eigenvalue weighted by atomic mass is 10.1. The number of carbonyl (C=O) groups excluding carboxylic acids is 2. The van der Waals surface area contributed by atoms with Gasteiger partial charge >= 0.3 is 0 Å². The maximum Gasteiger partial charge on any atom is 0.267 e. The molecule has 1 aromatic rings. The van der Waals surface area contributed by atoms with Crippen LogP contribution in [0.4, 0.5) is 0 Å². The van der Waals surface area contributed by atoms with E-state index in [1.807, 2.05) is 24.3 Å². The van der Waals surface area contributed by atoms with Crippen molar-refractivity contribution in [3.63, 3.8) is 0 Å². The summed E-state index contributed by atoms with van der Waals surface area (Å²) in [5.41, 5.74) is 1.19. The van der Waals surface area contributed by atoms with Crippen LogP contribution in [0.2, 0.25) is 0 Å². The zero-order valence-electron chi connectivity index (χ0n) is 12.3. The molecule has 22 heavy (non-hydrogen) atoms. The van der Waals surface area contributed by atoms with Gasteiger partial charge in [-0.15, -0.1) is 0 Å². The minimum absolute atomic E-state index is 0.234. The Labute approximate surface area is 129 Å². The summed E-state index contributed by atoms with van der Waals surface area (Å²) >= 11 is 0. The summed E-state index contributed by atoms with van der Waals surface area (Å²) in [5, 5.41) is 5.71. The highest BCUT2D eigenvalue weighted by Gasteiger charge is 2.28. The van der Waals surface area contributed by atoms with E-state index in [-0.39, 0.29) is 11.8 Å². The van der Waals surface area contributed by atoms with Gasteiger partial charge in [0.25, 0.3) is 5.91 Å². The number of piperidine rings is 1. The molecule has 2 heterocycles. The maximum atomic E-state index is 11.7. The van der Waals surface area contributed by atoms with Crippen molar-refractivity contribution in [2.24, 2.45) is 0 Å². The molecule has 2 aliphatic rings. The Hall–Kier alpha value is -1.92. The average Bonchev–Trinajstić information content (AvgIpc) is 2.53. The number of rotatable bonds is 4. The molecule has 0 radical (unpaired) electrons. The normalized spacial score (nSPS) is 25.6. The minimum Gasteiger partial charge on any atom is -0.481 e. The molecule has 2 aliphatic heterocycles. The minimum atomic E-state index is -0.586. The number of amides is 2. The highest BCUT2D eigenvalue weighted by molar-refractivity contribution is 5.99. The summed E-state index contributed by atoms with van der Waals surface area (Å²) in [6, 6.07) is 8.07. The molecule has 0 bridgehead atoms. The molecule has 2 N–H and O–H groups in total. The highest BCUT2D eigenvalue weighted by Crippen LogP contribution is 2.18. The highest BCUT2D eigenvalue weighted by atomic mass is 16.5. The Bertz CT molecular complexity index is 538. The summed E-state index contributed by atoms with van der Waals surface area (Å²) < 4.78 is 11.1. The quantitative estimate of drug-likeness (QED) is 0.788. The molecule has 6 nitrogen and oxygen atoms in total. The fourth-order valence-electron chi connectivity index (χ4n) is 2.69. The van der Waals surface area contributed by atoms with E-state index in [4.69, 9.17) is 9.47 Å². The summed E-state index contributed by atoms with van der Waals surface area (Å²) in [5.74, 6) is 0.0531. The molecule has 6 heteroatoms. The van der Waals surface area contributed by atoms with Crippen molar-refractivity contribution in [3.05, 3.63) is 29.8 Å². The van der Waals surface area contributed by atoms with Crippen molar-refractivity contribution in [2.75, 3.05) is 19.8 Å². The molecule has 0 aliphatic carbocycles. The molecule has 3 rings (SSSR count). The van der Waals surface area contributed by atoms with E-state index in [1.54, 1.807) is 0 Å². The SMILES string of the molecule is O=C1CCC(Oc2ccc(C[C@@H]3COCCN3)cc2)C(=O)N1. The molecule has 2 atom stereocenters. The molecule has 118 valence electrons. The Balaban J connectivity index is 1.54. The number of hydrogen-bond donors (Lipinski definition) is 2. The number of hydrogen-bond acceptors (Lipinski definition) is 5. The Morgan fingerprint density at radius 2 is 2.05 bits per heavy atom. The predicted molar refractivity (Wildman–Crippen MR) is 79.6 cm³/mol. The van der Waals surface area contributed by atoms with E-state index in [9.17, 15) is 9.59 Å². The van der Waals surface area contributed by atoms with Crippen molar-refractivity contribution in [1.82, 2.24) is 10.6 Å². The smallest absolute Gasteiger partial charge is 0.267 e.